The second kappa shape index (κ2) is 7.87. The van der Waals surface area contributed by atoms with Crippen LogP contribution in [0, 0.1) is 0 Å². The molecule has 1 aromatic carbocycles. The zero-order valence-corrected chi connectivity index (χ0v) is 13.8. The number of hydrogen-bond donors (Lipinski definition) is 1. The van der Waals surface area contributed by atoms with Gasteiger partial charge >= 0.3 is 6.03 Å². The van der Waals surface area contributed by atoms with Gasteiger partial charge in [0.2, 0.25) is 0 Å². The first-order chi connectivity index (χ1) is 10.1. The zero-order chi connectivity index (χ0) is 15.2. The van der Waals surface area contributed by atoms with Gasteiger partial charge in [-0.2, -0.15) is 0 Å². The van der Waals surface area contributed by atoms with Crippen molar-refractivity contribution in [3.8, 4) is 0 Å². The van der Waals surface area contributed by atoms with Crippen LogP contribution in [0.4, 0.5) is 4.79 Å². The van der Waals surface area contributed by atoms with E-state index in [-0.39, 0.29) is 6.03 Å². The van der Waals surface area contributed by atoms with Crippen LogP contribution in [0.25, 0.3) is 0 Å². The molecule has 1 heterocycles. The third kappa shape index (κ3) is 4.50. The average molecular weight is 330 g/mol. The van der Waals surface area contributed by atoms with Gasteiger partial charge in [-0.25, -0.2) is 4.79 Å². The molecule has 2 rings (SSSR count). The zero-order valence-electron chi connectivity index (χ0n) is 12.2. The number of carbonyl (C=O) groups excluding carboxylic acids is 1. The number of urea groups is 1. The molecule has 1 N–H and O–H groups in total. The highest BCUT2D eigenvalue weighted by Gasteiger charge is 2.21. The van der Waals surface area contributed by atoms with E-state index in [0.717, 1.165) is 51.3 Å². The molecule has 116 valence electrons. The minimum atomic E-state index is 0.0345. The Kier molecular flexibility index (Phi) is 6.15. The van der Waals surface area contributed by atoms with E-state index in [4.69, 9.17) is 23.2 Å². The molecule has 1 aromatic rings. The molecule has 1 aliphatic heterocycles. The summed E-state index contributed by atoms with van der Waals surface area (Å²) in [7, 11) is 0. The van der Waals surface area contributed by atoms with Crippen molar-refractivity contribution < 1.29 is 4.79 Å². The summed E-state index contributed by atoms with van der Waals surface area (Å²) in [6, 6.07) is 5.60. The molecule has 0 aliphatic carbocycles. The Morgan fingerprint density at radius 2 is 1.81 bits per heavy atom. The van der Waals surface area contributed by atoms with Gasteiger partial charge in [0, 0.05) is 54.9 Å². The predicted molar refractivity (Wildman–Crippen MR) is 87.0 cm³/mol. The summed E-state index contributed by atoms with van der Waals surface area (Å²) in [6.07, 6.45) is 0.955. The fraction of sp³-hybridized carbons (Fsp3) is 0.533. The van der Waals surface area contributed by atoms with Crippen molar-refractivity contribution in [2.45, 2.75) is 19.9 Å². The van der Waals surface area contributed by atoms with E-state index in [1.807, 2.05) is 30.0 Å². The molecule has 4 nitrogen and oxygen atoms in total. The third-order valence-electron chi connectivity index (χ3n) is 3.63. The summed E-state index contributed by atoms with van der Waals surface area (Å²) in [6.45, 7) is 6.64. The van der Waals surface area contributed by atoms with Gasteiger partial charge in [0.25, 0.3) is 0 Å². The smallest absolute Gasteiger partial charge is 0.317 e. The molecule has 0 saturated carbocycles. The first-order valence-corrected chi connectivity index (χ1v) is 8.05. The normalized spacial score (nSPS) is 16.0. The first kappa shape index (κ1) is 16.4. The van der Waals surface area contributed by atoms with E-state index in [1.165, 1.54) is 0 Å². The van der Waals surface area contributed by atoms with Gasteiger partial charge in [0.1, 0.15) is 0 Å². The Morgan fingerprint density at radius 3 is 2.38 bits per heavy atom. The summed E-state index contributed by atoms with van der Waals surface area (Å²) in [5, 5.41) is 4.31. The second-order valence-corrected chi connectivity index (χ2v) is 6.01. The lowest BCUT2D eigenvalue weighted by atomic mass is 10.2. The lowest BCUT2D eigenvalue weighted by molar-refractivity contribution is 0.135. The van der Waals surface area contributed by atoms with E-state index < -0.39 is 0 Å². The number of amides is 2. The van der Waals surface area contributed by atoms with Crippen LogP contribution >= 0.6 is 23.2 Å². The van der Waals surface area contributed by atoms with E-state index in [9.17, 15) is 4.79 Å². The van der Waals surface area contributed by atoms with E-state index >= 15 is 0 Å². The van der Waals surface area contributed by atoms with E-state index in [1.54, 1.807) is 0 Å². The maximum absolute atomic E-state index is 11.9. The monoisotopic (exact) mass is 329 g/mol. The van der Waals surface area contributed by atoms with Crippen molar-refractivity contribution in [2.75, 3.05) is 32.7 Å². The fourth-order valence-electron chi connectivity index (χ4n) is 2.36. The lowest BCUT2D eigenvalue weighted by Crippen LogP contribution is -2.51. The van der Waals surface area contributed by atoms with Gasteiger partial charge in [0.05, 0.1) is 0 Å². The van der Waals surface area contributed by atoms with Gasteiger partial charge in [-0.05, 0) is 18.6 Å². The summed E-state index contributed by atoms with van der Waals surface area (Å²) in [5.74, 6) is 0. The highest BCUT2D eigenvalue weighted by atomic mass is 35.5. The Bertz CT molecular complexity index is 468. The summed E-state index contributed by atoms with van der Waals surface area (Å²) >= 11 is 12.4. The summed E-state index contributed by atoms with van der Waals surface area (Å²) < 4.78 is 0. The SMILES string of the molecule is CCCNC(=O)N1CCN(Cc2c(Cl)cccc2Cl)CC1. The second-order valence-electron chi connectivity index (χ2n) is 5.20. The molecule has 6 heteroatoms. The number of piperazine rings is 1. The number of hydrogen-bond acceptors (Lipinski definition) is 2. The van der Waals surface area contributed by atoms with Crippen molar-refractivity contribution in [2.24, 2.45) is 0 Å². The number of benzene rings is 1. The highest BCUT2D eigenvalue weighted by Crippen LogP contribution is 2.26. The Balaban J connectivity index is 1.86. The number of carbonyl (C=O) groups is 1. The molecule has 1 fully saturated rings. The van der Waals surface area contributed by atoms with E-state index in [0.29, 0.717) is 10.0 Å². The van der Waals surface area contributed by atoms with Crippen LogP contribution in [0.5, 0.6) is 0 Å². The van der Waals surface area contributed by atoms with Crippen molar-refractivity contribution >= 4 is 29.2 Å². The van der Waals surface area contributed by atoms with Crippen LogP contribution in [-0.4, -0.2) is 48.6 Å². The van der Waals surface area contributed by atoms with E-state index in [2.05, 4.69) is 10.2 Å². The number of nitrogens with zero attached hydrogens (tertiary/aromatic N) is 2. The van der Waals surface area contributed by atoms with Gasteiger partial charge < -0.3 is 10.2 Å². The van der Waals surface area contributed by atoms with Crippen LogP contribution in [0.15, 0.2) is 18.2 Å². The van der Waals surface area contributed by atoms with Gasteiger partial charge in [-0.15, -0.1) is 0 Å². The number of halogens is 2. The van der Waals surface area contributed by atoms with Crippen LogP contribution in [0.3, 0.4) is 0 Å². The molecule has 1 aliphatic rings. The van der Waals surface area contributed by atoms with Crippen molar-refractivity contribution in [1.82, 2.24) is 15.1 Å². The minimum absolute atomic E-state index is 0.0345. The Labute approximate surface area is 136 Å². The molecule has 1 saturated heterocycles. The first-order valence-electron chi connectivity index (χ1n) is 7.30. The molecule has 2 amide bonds. The Morgan fingerprint density at radius 1 is 1.19 bits per heavy atom. The topological polar surface area (TPSA) is 35.6 Å². The lowest BCUT2D eigenvalue weighted by Gasteiger charge is -2.35. The molecule has 0 aromatic heterocycles. The van der Waals surface area contributed by atoms with Crippen molar-refractivity contribution in [3.63, 3.8) is 0 Å². The molecule has 21 heavy (non-hydrogen) atoms. The van der Waals surface area contributed by atoms with Crippen LogP contribution in [-0.2, 0) is 6.54 Å². The molecule has 0 unspecified atom stereocenters. The van der Waals surface area contributed by atoms with Crippen LogP contribution in [0.1, 0.15) is 18.9 Å². The number of nitrogens with one attached hydrogen (secondary N) is 1. The standard InChI is InChI=1S/C15H21Cl2N3O/c1-2-6-18-15(21)20-9-7-19(8-10-20)11-12-13(16)4-3-5-14(12)17/h3-5H,2,6-11H2,1H3,(H,18,21). The minimum Gasteiger partial charge on any atom is -0.338 e. The average Bonchev–Trinajstić information content (AvgIpc) is 2.49. The maximum atomic E-state index is 11.9. The maximum Gasteiger partial charge on any atom is 0.317 e. The largest absolute Gasteiger partial charge is 0.338 e. The molecule has 0 radical (unpaired) electrons. The fourth-order valence-corrected chi connectivity index (χ4v) is 2.88. The van der Waals surface area contributed by atoms with Crippen molar-refractivity contribution in [1.29, 1.82) is 0 Å². The van der Waals surface area contributed by atoms with Gasteiger partial charge in [-0.3, -0.25) is 4.90 Å². The molecular weight excluding hydrogens is 309 g/mol. The van der Waals surface area contributed by atoms with Crippen LogP contribution in [0.2, 0.25) is 10.0 Å². The Hall–Kier alpha value is -0.970. The highest BCUT2D eigenvalue weighted by molar-refractivity contribution is 6.35. The molecule has 0 spiro atoms. The van der Waals surface area contributed by atoms with Crippen LogP contribution < -0.4 is 5.32 Å². The molecular formula is C15H21Cl2N3O. The van der Waals surface area contributed by atoms with Gasteiger partial charge in [-0.1, -0.05) is 36.2 Å². The predicted octanol–water partition coefficient (Wildman–Crippen LogP) is 3.23. The quantitative estimate of drug-likeness (QED) is 0.920. The summed E-state index contributed by atoms with van der Waals surface area (Å²) in [5.41, 5.74) is 0.963. The van der Waals surface area contributed by atoms with Crippen molar-refractivity contribution in [3.05, 3.63) is 33.8 Å². The molecule has 0 bridgehead atoms. The van der Waals surface area contributed by atoms with Gasteiger partial charge in [0.15, 0.2) is 0 Å². The summed E-state index contributed by atoms with van der Waals surface area (Å²) in [4.78, 5) is 16.0. The molecule has 0 atom stereocenters. The number of rotatable bonds is 4. The third-order valence-corrected chi connectivity index (χ3v) is 4.34.